The van der Waals surface area contributed by atoms with Gasteiger partial charge in [0, 0.05) is 12.3 Å². The van der Waals surface area contributed by atoms with Crippen LogP contribution in [-0.2, 0) is 15.1 Å². The largest absolute Gasteiger partial charge is 0.396 e. The van der Waals surface area contributed by atoms with E-state index in [0.717, 1.165) is 5.56 Å². The zero-order valence-corrected chi connectivity index (χ0v) is 10.4. The second-order valence-corrected chi connectivity index (χ2v) is 4.51. The van der Waals surface area contributed by atoms with Crippen molar-refractivity contribution in [2.45, 2.75) is 12.3 Å². The van der Waals surface area contributed by atoms with Gasteiger partial charge in [-0.15, -0.1) is 0 Å². The Labute approximate surface area is 105 Å². The number of aliphatic hydroxyl groups is 1. The van der Waals surface area contributed by atoms with Gasteiger partial charge in [-0.3, -0.25) is 9.35 Å². The third kappa shape index (κ3) is 9.73. The lowest BCUT2D eigenvalue weighted by Gasteiger charge is -2.11. The van der Waals surface area contributed by atoms with Gasteiger partial charge in [-0.1, -0.05) is 30.3 Å². The van der Waals surface area contributed by atoms with E-state index in [1.54, 1.807) is 0 Å². The molecule has 0 aliphatic heterocycles. The molecule has 0 saturated heterocycles. The van der Waals surface area contributed by atoms with Crippen LogP contribution in [0.3, 0.4) is 0 Å². The zero-order chi connectivity index (χ0) is 14.2. The van der Waals surface area contributed by atoms with Crippen LogP contribution < -0.4 is 10.9 Å². The Balaban J connectivity index is 0.000000494. The SMILES string of the molecule is NC(=O)C[C@@H](CO)c1ccccc1.NS(=O)(=O)O. The van der Waals surface area contributed by atoms with Crippen LogP contribution in [0.2, 0.25) is 0 Å². The van der Waals surface area contributed by atoms with Crippen LogP contribution >= 0.6 is 0 Å². The normalized spacial score (nSPS) is 12.2. The molecule has 0 aliphatic carbocycles. The second kappa shape index (κ2) is 7.77. The average Bonchev–Trinajstić information content (AvgIpc) is 2.24. The van der Waals surface area contributed by atoms with Crippen molar-refractivity contribution >= 4 is 16.2 Å². The highest BCUT2D eigenvalue weighted by molar-refractivity contribution is 7.83. The van der Waals surface area contributed by atoms with Crippen molar-refractivity contribution in [3.05, 3.63) is 35.9 Å². The number of amides is 1. The van der Waals surface area contributed by atoms with Crippen molar-refractivity contribution in [2.24, 2.45) is 10.9 Å². The molecule has 0 bridgehead atoms. The number of hydrogen-bond acceptors (Lipinski definition) is 4. The van der Waals surface area contributed by atoms with Crippen LogP contribution in [0.5, 0.6) is 0 Å². The van der Waals surface area contributed by atoms with Crippen molar-refractivity contribution in [3.8, 4) is 0 Å². The molecule has 0 radical (unpaired) electrons. The molecule has 102 valence electrons. The van der Waals surface area contributed by atoms with Crippen LogP contribution in [0.1, 0.15) is 17.9 Å². The standard InChI is InChI=1S/C10H13NO2.H3NO3S/c11-10(13)6-9(7-12)8-4-2-1-3-5-8;1-5(2,3)4/h1-5,9,12H,6-7H2,(H2,11,13);(H3,1,2,3,4)/t9-;/m0./s1. The van der Waals surface area contributed by atoms with Crippen LogP contribution in [0.15, 0.2) is 30.3 Å². The molecule has 1 amide bonds. The fraction of sp³-hybridized carbons (Fsp3) is 0.300. The maximum Gasteiger partial charge on any atom is 0.330 e. The molecule has 0 spiro atoms. The zero-order valence-electron chi connectivity index (χ0n) is 9.56. The van der Waals surface area contributed by atoms with Gasteiger partial charge in [-0.25, -0.2) is 5.14 Å². The maximum atomic E-state index is 10.7. The molecule has 7 nitrogen and oxygen atoms in total. The molecule has 0 heterocycles. The van der Waals surface area contributed by atoms with Gasteiger partial charge < -0.3 is 10.8 Å². The highest BCUT2D eigenvalue weighted by atomic mass is 32.2. The van der Waals surface area contributed by atoms with E-state index in [1.165, 1.54) is 0 Å². The minimum atomic E-state index is -4.17. The molecule has 1 aromatic rings. The fourth-order valence-corrected chi connectivity index (χ4v) is 1.26. The van der Waals surface area contributed by atoms with E-state index < -0.39 is 10.3 Å². The van der Waals surface area contributed by atoms with Crippen molar-refractivity contribution in [1.82, 2.24) is 0 Å². The number of carbonyl (C=O) groups excluding carboxylic acids is 1. The molecule has 0 aromatic heterocycles. The van der Waals surface area contributed by atoms with Gasteiger partial charge in [-0.05, 0) is 5.56 Å². The Morgan fingerprint density at radius 3 is 2.06 bits per heavy atom. The Morgan fingerprint density at radius 1 is 1.28 bits per heavy atom. The topological polar surface area (TPSA) is 144 Å². The van der Waals surface area contributed by atoms with E-state index in [-0.39, 0.29) is 24.9 Å². The first-order valence-corrected chi connectivity index (χ1v) is 6.43. The minimum absolute atomic E-state index is 0.0487. The number of nitrogens with two attached hydrogens (primary N) is 2. The second-order valence-electron chi connectivity index (χ2n) is 3.48. The monoisotopic (exact) mass is 276 g/mol. The van der Waals surface area contributed by atoms with E-state index in [2.05, 4.69) is 5.14 Å². The van der Waals surface area contributed by atoms with E-state index >= 15 is 0 Å². The summed E-state index contributed by atoms with van der Waals surface area (Å²) in [5, 5.41) is 12.9. The third-order valence-electron chi connectivity index (χ3n) is 1.94. The molecule has 6 N–H and O–H groups in total. The Kier molecular flexibility index (Phi) is 7.13. The molecule has 0 saturated carbocycles. The predicted octanol–water partition coefficient (Wildman–Crippen LogP) is -0.614. The fourth-order valence-electron chi connectivity index (χ4n) is 1.26. The highest BCUT2D eigenvalue weighted by Crippen LogP contribution is 2.17. The molecular formula is C10H16N2O5S. The lowest BCUT2D eigenvalue weighted by molar-refractivity contribution is -0.118. The number of rotatable bonds is 4. The minimum Gasteiger partial charge on any atom is -0.396 e. The molecule has 0 aliphatic rings. The van der Waals surface area contributed by atoms with Crippen LogP contribution in [-0.4, -0.2) is 30.6 Å². The van der Waals surface area contributed by atoms with E-state index in [9.17, 15) is 4.79 Å². The summed E-state index contributed by atoms with van der Waals surface area (Å²) >= 11 is 0. The molecular weight excluding hydrogens is 260 g/mol. The number of aliphatic hydroxyl groups excluding tert-OH is 1. The predicted molar refractivity (Wildman–Crippen MR) is 65.8 cm³/mol. The van der Waals surface area contributed by atoms with Crippen molar-refractivity contribution in [1.29, 1.82) is 0 Å². The van der Waals surface area contributed by atoms with Crippen LogP contribution in [0, 0.1) is 0 Å². The Morgan fingerprint density at radius 2 is 1.72 bits per heavy atom. The van der Waals surface area contributed by atoms with Gasteiger partial charge in [0.1, 0.15) is 0 Å². The lowest BCUT2D eigenvalue weighted by atomic mass is 9.96. The first-order chi connectivity index (χ1) is 8.24. The summed E-state index contributed by atoms with van der Waals surface area (Å²) in [5.74, 6) is -0.554. The van der Waals surface area contributed by atoms with Gasteiger partial charge in [0.2, 0.25) is 5.91 Å². The molecule has 0 fully saturated rings. The molecule has 1 atom stereocenters. The van der Waals surface area contributed by atoms with Crippen molar-refractivity contribution in [3.63, 3.8) is 0 Å². The van der Waals surface area contributed by atoms with Crippen LogP contribution in [0.4, 0.5) is 0 Å². The molecule has 8 heteroatoms. The van der Waals surface area contributed by atoms with E-state index in [0.29, 0.717) is 0 Å². The summed E-state index contributed by atoms with van der Waals surface area (Å²) in [7, 11) is -4.17. The van der Waals surface area contributed by atoms with E-state index in [1.807, 2.05) is 30.3 Å². The number of carbonyl (C=O) groups is 1. The van der Waals surface area contributed by atoms with E-state index in [4.69, 9.17) is 23.8 Å². The van der Waals surface area contributed by atoms with Gasteiger partial charge in [0.25, 0.3) is 0 Å². The molecule has 0 unspecified atom stereocenters. The molecule has 1 aromatic carbocycles. The van der Waals surface area contributed by atoms with Gasteiger partial charge >= 0.3 is 10.3 Å². The van der Waals surface area contributed by atoms with Gasteiger partial charge in [0.05, 0.1) is 6.61 Å². The van der Waals surface area contributed by atoms with Gasteiger partial charge in [0.15, 0.2) is 0 Å². The van der Waals surface area contributed by atoms with Gasteiger partial charge in [-0.2, -0.15) is 8.42 Å². The summed E-state index contributed by atoms with van der Waals surface area (Å²) in [6.45, 7) is -0.0487. The number of benzene rings is 1. The quantitative estimate of drug-likeness (QED) is 0.542. The molecule has 1 rings (SSSR count). The summed E-state index contributed by atoms with van der Waals surface area (Å²) in [6.07, 6.45) is 0.195. The van der Waals surface area contributed by atoms with Crippen molar-refractivity contribution in [2.75, 3.05) is 6.61 Å². The number of primary amides is 1. The lowest BCUT2D eigenvalue weighted by Crippen LogP contribution is -2.17. The smallest absolute Gasteiger partial charge is 0.330 e. The number of hydrogen-bond donors (Lipinski definition) is 4. The summed E-state index contributed by atoms with van der Waals surface area (Å²) in [4.78, 5) is 10.7. The highest BCUT2D eigenvalue weighted by Gasteiger charge is 2.12. The third-order valence-corrected chi connectivity index (χ3v) is 1.94. The first kappa shape index (κ1) is 16.5. The Bertz CT molecular complexity index is 452. The summed E-state index contributed by atoms with van der Waals surface area (Å²) in [5.41, 5.74) is 6.00. The average molecular weight is 276 g/mol. The molecule has 18 heavy (non-hydrogen) atoms. The van der Waals surface area contributed by atoms with Crippen molar-refractivity contribution < 1.29 is 22.9 Å². The van der Waals surface area contributed by atoms with Crippen LogP contribution in [0.25, 0.3) is 0 Å². The first-order valence-electron chi connectivity index (χ1n) is 4.93. The summed E-state index contributed by atoms with van der Waals surface area (Å²) < 4.78 is 25.2. The maximum absolute atomic E-state index is 10.7. The Hall–Kier alpha value is -1.48. The summed E-state index contributed by atoms with van der Waals surface area (Å²) in [6, 6.07) is 9.40.